The highest BCUT2D eigenvalue weighted by Crippen LogP contribution is 2.52. The second-order valence-electron chi connectivity index (χ2n) is 10.7. The van der Waals surface area contributed by atoms with Crippen LogP contribution in [0.5, 0.6) is 0 Å². The van der Waals surface area contributed by atoms with E-state index in [1.165, 1.54) is 4.70 Å². The van der Waals surface area contributed by atoms with Crippen LogP contribution in [0.25, 0.3) is 21.3 Å². The summed E-state index contributed by atoms with van der Waals surface area (Å²) < 4.78 is 46.7. The van der Waals surface area contributed by atoms with Gasteiger partial charge in [0.05, 0.1) is 10.2 Å². The Morgan fingerprint density at radius 3 is 2.31 bits per heavy atom. The minimum Gasteiger partial charge on any atom is -0.433 e. The van der Waals surface area contributed by atoms with Gasteiger partial charge in [-0.2, -0.15) is 13.2 Å². The molecule has 6 rings (SSSR count). The molecular formula is C31H30BrF3N4O2S. The Morgan fingerprint density at radius 2 is 1.64 bits per heavy atom. The molecule has 1 amide bonds. The van der Waals surface area contributed by atoms with Crippen LogP contribution in [0.3, 0.4) is 0 Å². The molecule has 1 aliphatic carbocycles. The minimum atomic E-state index is -4.52. The van der Waals surface area contributed by atoms with Crippen LogP contribution in [0.4, 0.5) is 23.1 Å². The van der Waals surface area contributed by atoms with Gasteiger partial charge in [-0.25, -0.2) is 9.78 Å². The second-order valence-corrected chi connectivity index (χ2v) is 12.6. The summed E-state index contributed by atoms with van der Waals surface area (Å²) in [7, 11) is 0. The number of nitrogens with zero attached hydrogens (tertiary/aromatic N) is 3. The quantitative estimate of drug-likeness (QED) is 0.198. The van der Waals surface area contributed by atoms with E-state index >= 15 is 0 Å². The maximum atomic E-state index is 12.8. The van der Waals surface area contributed by atoms with Crippen LogP contribution >= 0.6 is 27.3 Å². The van der Waals surface area contributed by atoms with Gasteiger partial charge in [-0.05, 0) is 55.1 Å². The first-order valence-electron chi connectivity index (χ1n) is 14.0. The average molecular weight is 660 g/mol. The topological polar surface area (TPSA) is 57.7 Å². The Morgan fingerprint density at radius 1 is 0.976 bits per heavy atom. The zero-order valence-corrected chi connectivity index (χ0v) is 25.2. The van der Waals surface area contributed by atoms with E-state index in [-0.39, 0.29) is 0 Å². The number of carbonyl (C=O) groups is 1. The third-order valence-corrected chi connectivity index (χ3v) is 9.52. The monoisotopic (exact) mass is 658 g/mol. The summed E-state index contributed by atoms with van der Waals surface area (Å²) in [6.45, 7) is 3.09. The Bertz CT molecular complexity index is 1540. The second kappa shape index (κ2) is 11.9. The molecule has 220 valence electrons. The lowest BCUT2D eigenvalue weighted by Gasteiger charge is -2.35. The number of carbonyl (C=O) groups excluding carboxylic acids is 1. The summed E-state index contributed by atoms with van der Waals surface area (Å²) in [6.07, 6.45) is -3.51. The van der Waals surface area contributed by atoms with Crippen LogP contribution in [0.2, 0.25) is 0 Å². The highest BCUT2D eigenvalue weighted by Gasteiger charge is 2.46. The summed E-state index contributed by atoms with van der Waals surface area (Å²) in [6, 6.07) is 21.5. The van der Waals surface area contributed by atoms with Crippen molar-refractivity contribution >= 4 is 48.7 Å². The van der Waals surface area contributed by atoms with Gasteiger partial charge in [-0.3, -0.25) is 4.90 Å². The molecule has 0 unspecified atom stereocenters. The van der Waals surface area contributed by atoms with Crippen molar-refractivity contribution < 1.29 is 22.7 Å². The van der Waals surface area contributed by atoms with E-state index in [2.05, 4.69) is 31.8 Å². The lowest BCUT2D eigenvalue weighted by atomic mass is 9.86. The van der Waals surface area contributed by atoms with E-state index in [0.717, 1.165) is 82.9 Å². The summed E-state index contributed by atoms with van der Waals surface area (Å²) in [5, 5.41) is 2.95. The number of nitrogens with one attached hydrogen (secondary N) is 1. The Kier molecular flexibility index (Phi) is 8.17. The van der Waals surface area contributed by atoms with Crippen LogP contribution in [0, 0.1) is 0 Å². The van der Waals surface area contributed by atoms with Crippen molar-refractivity contribution in [3.63, 3.8) is 0 Å². The highest BCUT2D eigenvalue weighted by molar-refractivity contribution is 9.10. The van der Waals surface area contributed by atoms with Crippen molar-refractivity contribution in [2.75, 3.05) is 44.2 Å². The van der Waals surface area contributed by atoms with E-state index < -0.39 is 24.4 Å². The fourth-order valence-electron chi connectivity index (χ4n) is 5.98. The van der Waals surface area contributed by atoms with Gasteiger partial charge in [0.1, 0.15) is 6.54 Å². The number of aromatic nitrogens is 1. The number of alkyl carbamates (subject to hydrolysis) is 1. The van der Waals surface area contributed by atoms with Crippen LogP contribution < -0.4 is 10.2 Å². The Hall–Kier alpha value is -3.15. The number of piperazine rings is 1. The Balaban J connectivity index is 1.10. The first kappa shape index (κ1) is 28.9. The summed E-state index contributed by atoms with van der Waals surface area (Å²) in [5.41, 5.74) is 3.36. The molecule has 0 bridgehead atoms. The molecule has 0 saturated carbocycles. The van der Waals surface area contributed by atoms with Crippen molar-refractivity contribution in [1.29, 1.82) is 0 Å². The molecule has 2 aliphatic rings. The van der Waals surface area contributed by atoms with Crippen molar-refractivity contribution in [3.8, 4) is 11.1 Å². The predicted molar refractivity (Wildman–Crippen MR) is 163 cm³/mol. The normalized spacial score (nSPS) is 16.3. The van der Waals surface area contributed by atoms with Gasteiger partial charge in [-0.1, -0.05) is 75.8 Å². The summed E-state index contributed by atoms with van der Waals surface area (Å²) >= 11 is 5.24. The van der Waals surface area contributed by atoms with E-state index in [9.17, 15) is 18.0 Å². The lowest BCUT2D eigenvalue weighted by molar-refractivity contribution is -0.124. The molecule has 1 saturated heterocycles. The number of unbranched alkanes of at least 4 members (excludes halogenated alkanes) is 1. The molecule has 1 aromatic heterocycles. The van der Waals surface area contributed by atoms with Gasteiger partial charge >= 0.3 is 12.3 Å². The molecule has 4 aromatic rings. The van der Waals surface area contributed by atoms with Crippen LogP contribution in [0.1, 0.15) is 30.4 Å². The largest absolute Gasteiger partial charge is 0.433 e. The third-order valence-electron chi connectivity index (χ3n) is 7.95. The average Bonchev–Trinajstić information content (AvgIpc) is 3.52. The molecule has 1 N–H and O–H groups in total. The fourth-order valence-corrected chi connectivity index (χ4v) is 7.55. The number of amides is 1. The number of benzene rings is 3. The van der Waals surface area contributed by atoms with Gasteiger partial charge in [0.2, 0.25) is 0 Å². The smallest absolute Gasteiger partial charge is 0.408 e. The van der Waals surface area contributed by atoms with Crippen LogP contribution in [0.15, 0.2) is 71.2 Å². The third kappa shape index (κ3) is 6.00. The molecule has 42 heavy (non-hydrogen) atoms. The molecule has 3 aromatic carbocycles. The molecule has 6 nitrogen and oxygen atoms in total. The number of ether oxygens (including phenoxy) is 1. The summed E-state index contributed by atoms with van der Waals surface area (Å²) in [5.74, 6) is 0. The molecule has 11 heteroatoms. The lowest BCUT2D eigenvalue weighted by Crippen LogP contribution is -2.46. The highest BCUT2D eigenvalue weighted by atomic mass is 79.9. The molecule has 0 radical (unpaired) electrons. The van der Waals surface area contributed by atoms with E-state index in [1.807, 2.05) is 66.0 Å². The fraction of sp³-hybridized carbons (Fsp3) is 0.355. The van der Waals surface area contributed by atoms with Gasteiger partial charge in [0.15, 0.2) is 10.7 Å². The maximum absolute atomic E-state index is 12.8. The number of thiazole rings is 1. The number of rotatable bonds is 8. The zero-order valence-electron chi connectivity index (χ0n) is 22.8. The van der Waals surface area contributed by atoms with E-state index in [0.29, 0.717) is 6.42 Å². The van der Waals surface area contributed by atoms with Crippen molar-refractivity contribution in [2.45, 2.75) is 31.0 Å². The first-order valence-corrected chi connectivity index (χ1v) is 15.6. The van der Waals surface area contributed by atoms with Gasteiger partial charge in [-0.15, -0.1) is 0 Å². The van der Waals surface area contributed by atoms with Crippen molar-refractivity contribution in [2.24, 2.45) is 0 Å². The minimum absolute atomic E-state index is 0.474. The Labute approximate surface area is 254 Å². The number of hydrogen-bond acceptors (Lipinski definition) is 6. The maximum Gasteiger partial charge on any atom is 0.408 e. The SMILES string of the molecule is O=C(NCC(F)(F)F)OC1(CCCCN2CCN(c3nc4ccc(Br)cc4s3)CC2)c2ccccc2-c2ccccc21. The number of anilines is 1. The van der Waals surface area contributed by atoms with Crippen LogP contribution in [-0.4, -0.2) is 61.4 Å². The van der Waals surface area contributed by atoms with Crippen molar-refractivity contribution in [3.05, 3.63) is 82.3 Å². The first-order chi connectivity index (χ1) is 20.2. The zero-order chi connectivity index (χ0) is 29.3. The number of halogens is 4. The predicted octanol–water partition coefficient (Wildman–Crippen LogP) is 7.56. The van der Waals surface area contributed by atoms with Crippen molar-refractivity contribution in [1.82, 2.24) is 15.2 Å². The van der Waals surface area contributed by atoms with Crippen LogP contribution in [-0.2, 0) is 10.3 Å². The number of hydrogen-bond donors (Lipinski definition) is 1. The summed E-state index contributed by atoms with van der Waals surface area (Å²) in [4.78, 5) is 22.3. The molecule has 1 fully saturated rings. The molecule has 0 atom stereocenters. The molecular weight excluding hydrogens is 629 g/mol. The molecule has 0 spiro atoms. The molecule has 2 heterocycles. The van der Waals surface area contributed by atoms with Gasteiger partial charge < -0.3 is 15.0 Å². The van der Waals surface area contributed by atoms with E-state index in [4.69, 9.17) is 9.72 Å². The standard InChI is InChI=1S/C31H30BrF3N4O2S/c32-21-11-12-26-27(19-21)42-28(37-26)39-17-15-38(16-18-39)14-6-5-13-30(41-29(40)36-20-31(33,34)35)24-9-3-1-7-22(24)23-8-2-4-10-25(23)30/h1-4,7-12,19H,5-6,13-18,20H2,(H,36,40). The van der Waals surface area contributed by atoms with Gasteiger partial charge in [0, 0.05) is 41.8 Å². The van der Waals surface area contributed by atoms with E-state index in [1.54, 1.807) is 11.3 Å². The van der Waals surface area contributed by atoms with Gasteiger partial charge in [0.25, 0.3) is 0 Å². The number of fused-ring (bicyclic) bond motifs is 4. The number of alkyl halides is 3. The molecule has 1 aliphatic heterocycles.